The van der Waals surface area contributed by atoms with Crippen LogP contribution in [0.2, 0.25) is 0 Å². The first-order valence-corrected chi connectivity index (χ1v) is 20.2. The second-order valence-corrected chi connectivity index (χ2v) is 15.6. The molecule has 56 heavy (non-hydrogen) atoms. The van der Waals surface area contributed by atoms with E-state index < -0.39 is 0 Å². The molecule has 0 spiro atoms. The van der Waals surface area contributed by atoms with E-state index in [0.29, 0.717) is 59.6 Å². The largest absolute Gasteiger partial charge is 0.491 e. The summed E-state index contributed by atoms with van der Waals surface area (Å²) < 4.78 is 7.78. The highest BCUT2D eigenvalue weighted by molar-refractivity contribution is 6.01. The fourth-order valence-corrected chi connectivity index (χ4v) is 9.06. The fraction of sp³-hybridized carbons (Fsp3) is 0.500. The molecule has 2 amide bonds. The minimum atomic E-state index is -0.272. The number of carbonyl (C=O) groups is 3. The van der Waals surface area contributed by atoms with Crippen molar-refractivity contribution in [2.24, 2.45) is 0 Å². The number of aryl methyl sites for hydroxylation is 1. The number of aromatic nitrogens is 4. The Morgan fingerprint density at radius 2 is 1.70 bits per heavy atom. The number of piperidine rings is 2. The van der Waals surface area contributed by atoms with Crippen LogP contribution in [-0.2, 0) is 9.59 Å². The normalized spacial score (nSPS) is 20.4. The lowest BCUT2D eigenvalue weighted by Crippen LogP contribution is -2.53. The number of rotatable bonds is 11. The summed E-state index contributed by atoms with van der Waals surface area (Å²) >= 11 is 0. The third-order valence-corrected chi connectivity index (χ3v) is 12.2. The molecule has 1 atom stereocenters. The summed E-state index contributed by atoms with van der Waals surface area (Å²) in [4.78, 5) is 71.3. The number of pyridine rings is 2. The van der Waals surface area contributed by atoms with E-state index in [0.717, 1.165) is 95.6 Å². The van der Waals surface area contributed by atoms with E-state index in [-0.39, 0.29) is 40.7 Å². The standard InChI is InChI=1S/C42H51N9O5/c1-27-35-26-44-42(47-39(35)51(31-7-3-4-8-31)41(55)38(27)28(2)52)45-36-12-10-33(25-43-36)56-23-22-48-16-14-30(15-17-48)49-18-20-50(21-19-49)32-9-5-6-29(24-32)34-11-13-37(53)46-40(34)54/h5-6,9-10,12,24-26,30-31,34H,3-4,7-8,11,13-23H2,1-2H3,(H,46,53,54)(H,43,44,45,47). The smallest absolute Gasteiger partial charge is 0.263 e. The average molecular weight is 762 g/mol. The van der Waals surface area contributed by atoms with Gasteiger partial charge in [-0.1, -0.05) is 25.0 Å². The van der Waals surface area contributed by atoms with E-state index >= 15 is 0 Å². The predicted molar refractivity (Wildman–Crippen MR) is 214 cm³/mol. The fourth-order valence-electron chi connectivity index (χ4n) is 9.06. The zero-order valence-corrected chi connectivity index (χ0v) is 32.3. The minimum Gasteiger partial charge on any atom is -0.491 e. The number of nitrogens with one attached hydrogen (secondary N) is 2. The van der Waals surface area contributed by atoms with Gasteiger partial charge in [-0.3, -0.25) is 38.9 Å². The van der Waals surface area contributed by atoms with Crippen LogP contribution >= 0.6 is 0 Å². The molecule has 0 radical (unpaired) electrons. The molecule has 3 aromatic heterocycles. The first-order valence-electron chi connectivity index (χ1n) is 20.2. The molecule has 1 aromatic carbocycles. The first kappa shape index (κ1) is 37.7. The average Bonchev–Trinajstić information content (AvgIpc) is 3.73. The summed E-state index contributed by atoms with van der Waals surface area (Å²) in [6.07, 6.45) is 10.5. The second kappa shape index (κ2) is 16.5. The van der Waals surface area contributed by atoms with Gasteiger partial charge in [-0.25, -0.2) is 9.97 Å². The molecule has 8 rings (SSSR count). The molecule has 6 heterocycles. The van der Waals surface area contributed by atoms with Crippen LogP contribution in [0.4, 0.5) is 17.5 Å². The Labute approximate surface area is 326 Å². The highest BCUT2D eigenvalue weighted by Crippen LogP contribution is 2.33. The molecule has 3 saturated heterocycles. The van der Waals surface area contributed by atoms with Gasteiger partial charge < -0.3 is 15.0 Å². The number of nitrogens with zero attached hydrogens (tertiary/aromatic N) is 7. The molecule has 1 aliphatic carbocycles. The van der Waals surface area contributed by atoms with Gasteiger partial charge in [-0.15, -0.1) is 0 Å². The Hall–Kier alpha value is -5.21. The van der Waals surface area contributed by atoms with Crippen molar-refractivity contribution in [2.45, 2.75) is 83.2 Å². The van der Waals surface area contributed by atoms with Crippen LogP contribution in [0.15, 0.2) is 53.6 Å². The van der Waals surface area contributed by atoms with Crippen LogP contribution in [0.25, 0.3) is 11.0 Å². The van der Waals surface area contributed by atoms with Gasteiger partial charge in [-0.05, 0) is 94.4 Å². The molecule has 1 unspecified atom stereocenters. The van der Waals surface area contributed by atoms with E-state index in [1.807, 2.05) is 24.3 Å². The monoisotopic (exact) mass is 761 g/mol. The summed E-state index contributed by atoms with van der Waals surface area (Å²) in [6.45, 7) is 10.7. The number of piperazine rings is 1. The maximum Gasteiger partial charge on any atom is 0.263 e. The molecule has 3 aliphatic heterocycles. The molecule has 4 aromatic rings. The predicted octanol–water partition coefficient (Wildman–Crippen LogP) is 4.74. The zero-order valence-electron chi connectivity index (χ0n) is 32.3. The van der Waals surface area contributed by atoms with Crippen molar-refractivity contribution in [3.8, 4) is 5.75 Å². The number of likely N-dealkylation sites (tertiary alicyclic amines) is 1. The quantitative estimate of drug-likeness (QED) is 0.160. The van der Waals surface area contributed by atoms with Gasteiger partial charge in [0, 0.05) is 68.5 Å². The molecule has 14 heteroatoms. The van der Waals surface area contributed by atoms with Crippen molar-refractivity contribution in [1.29, 1.82) is 0 Å². The number of ketones is 1. The van der Waals surface area contributed by atoms with Gasteiger partial charge >= 0.3 is 0 Å². The van der Waals surface area contributed by atoms with Gasteiger partial charge in [0.1, 0.15) is 23.8 Å². The van der Waals surface area contributed by atoms with Crippen molar-refractivity contribution >= 4 is 46.1 Å². The van der Waals surface area contributed by atoms with Gasteiger partial charge in [0.15, 0.2) is 5.78 Å². The number of hydrogen-bond donors (Lipinski definition) is 2. The van der Waals surface area contributed by atoms with Crippen LogP contribution in [0, 0.1) is 6.92 Å². The molecule has 2 N–H and O–H groups in total. The van der Waals surface area contributed by atoms with Crippen molar-refractivity contribution in [3.63, 3.8) is 0 Å². The molecule has 4 aliphatic rings. The number of anilines is 3. The SMILES string of the molecule is CC(=O)c1c(C)c2cnc(Nc3ccc(OCCN4CCC(N5CCN(c6cccc(C7CCC(=O)NC7=O)c6)CC5)CC4)cn3)nc2n(C2CCCC2)c1=O. The molecular weight excluding hydrogens is 711 g/mol. The number of ether oxygens (including phenoxy) is 1. The lowest BCUT2D eigenvalue weighted by Gasteiger charge is -2.43. The van der Waals surface area contributed by atoms with E-state index in [9.17, 15) is 19.2 Å². The number of fused-ring (bicyclic) bond motifs is 1. The molecule has 4 fully saturated rings. The number of Topliss-reactive ketones (excluding diaryl/α,β-unsaturated/α-hetero) is 1. The van der Waals surface area contributed by atoms with Gasteiger partial charge in [-0.2, -0.15) is 4.98 Å². The van der Waals surface area contributed by atoms with Crippen LogP contribution in [0.3, 0.4) is 0 Å². The van der Waals surface area contributed by atoms with E-state index in [4.69, 9.17) is 9.72 Å². The topological polar surface area (TPSA) is 155 Å². The third kappa shape index (κ3) is 8.03. The number of amides is 2. The third-order valence-electron chi connectivity index (χ3n) is 12.2. The van der Waals surface area contributed by atoms with Crippen molar-refractivity contribution in [2.75, 3.05) is 62.6 Å². The Morgan fingerprint density at radius 1 is 0.911 bits per heavy atom. The number of carbonyl (C=O) groups excluding carboxylic acids is 3. The van der Waals surface area contributed by atoms with Crippen LogP contribution < -0.4 is 25.8 Å². The van der Waals surface area contributed by atoms with E-state index in [1.165, 1.54) is 6.92 Å². The Morgan fingerprint density at radius 3 is 2.41 bits per heavy atom. The first-order chi connectivity index (χ1) is 27.2. The van der Waals surface area contributed by atoms with Gasteiger partial charge in [0.2, 0.25) is 17.8 Å². The van der Waals surface area contributed by atoms with E-state index in [1.54, 1.807) is 23.9 Å². The van der Waals surface area contributed by atoms with Crippen LogP contribution in [0.1, 0.15) is 91.7 Å². The Balaban J connectivity index is 0.792. The summed E-state index contributed by atoms with van der Waals surface area (Å²) in [5, 5.41) is 6.37. The molecule has 1 saturated carbocycles. The minimum absolute atomic E-state index is 0.0143. The zero-order chi connectivity index (χ0) is 38.8. The lowest BCUT2D eigenvalue weighted by atomic mass is 9.90. The lowest BCUT2D eigenvalue weighted by molar-refractivity contribution is -0.134. The summed E-state index contributed by atoms with van der Waals surface area (Å²) in [5.41, 5.74) is 3.24. The van der Waals surface area contributed by atoms with Gasteiger partial charge in [0.25, 0.3) is 5.56 Å². The van der Waals surface area contributed by atoms with Crippen molar-refractivity contribution in [3.05, 3.63) is 75.8 Å². The van der Waals surface area contributed by atoms with Crippen LogP contribution in [0.5, 0.6) is 5.75 Å². The maximum atomic E-state index is 13.5. The number of benzene rings is 1. The van der Waals surface area contributed by atoms with Crippen LogP contribution in [-0.4, -0.2) is 105 Å². The van der Waals surface area contributed by atoms with Crippen molar-refractivity contribution in [1.82, 2.24) is 34.6 Å². The molecule has 14 nitrogen and oxygen atoms in total. The molecule has 0 bridgehead atoms. The number of imide groups is 1. The molecular formula is C42H51N9O5. The highest BCUT2D eigenvalue weighted by Gasteiger charge is 2.31. The summed E-state index contributed by atoms with van der Waals surface area (Å²) in [6, 6.07) is 12.6. The summed E-state index contributed by atoms with van der Waals surface area (Å²) in [5.74, 6) is 0.713. The van der Waals surface area contributed by atoms with Crippen molar-refractivity contribution < 1.29 is 19.1 Å². The van der Waals surface area contributed by atoms with Gasteiger partial charge in [0.05, 0.1) is 17.7 Å². The Bertz CT molecular complexity index is 2150. The highest BCUT2D eigenvalue weighted by atomic mass is 16.5. The second-order valence-electron chi connectivity index (χ2n) is 15.6. The molecule has 294 valence electrons. The van der Waals surface area contributed by atoms with E-state index in [2.05, 4.69) is 47.4 Å². The maximum absolute atomic E-state index is 13.5. The number of hydrogen-bond acceptors (Lipinski definition) is 12. The summed E-state index contributed by atoms with van der Waals surface area (Å²) in [7, 11) is 0. The Kier molecular flexibility index (Phi) is 11.1.